The lowest BCUT2D eigenvalue weighted by molar-refractivity contribution is -0.123. The third kappa shape index (κ3) is 3.30. The highest BCUT2D eigenvalue weighted by molar-refractivity contribution is 9.10. The van der Waals surface area contributed by atoms with Crippen LogP contribution in [0.25, 0.3) is 6.08 Å². The van der Waals surface area contributed by atoms with E-state index in [1.54, 1.807) is 26.4 Å². The maximum atomic E-state index is 11.2. The molecule has 0 unspecified atom stereocenters. The first-order valence-corrected chi connectivity index (χ1v) is 4.90. The summed E-state index contributed by atoms with van der Waals surface area (Å²) in [6.45, 7) is 0. The molecule has 0 aromatic carbocycles. The van der Waals surface area contributed by atoms with Gasteiger partial charge in [-0.05, 0) is 33.6 Å². The Hall–Kier alpha value is -1.16. The second-order valence-electron chi connectivity index (χ2n) is 2.98. The molecule has 0 aliphatic rings. The number of halogens is 1. The van der Waals surface area contributed by atoms with Gasteiger partial charge in [-0.1, -0.05) is 6.07 Å². The average Bonchev–Trinajstić information content (AvgIpc) is 2.16. The van der Waals surface area contributed by atoms with Gasteiger partial charge in [0, 0.05) is 26.4 Å². The van der Waals surface area contributed by atoms with Crippen LogP contribution in [-0.2, 0) is 4.79 Å². The summed E-state index contributed by atoms with van der Waals surface area (Å²) >= 11 is 3.24. The van der Waals surface area contributed by atoms with E-state index in [1.807, 2.05) is 12.1 Å². The summed E-state index contributed by atoms with van der Waals surface area (Å²) in [6, 6.07) is 3.72. The summed E-state index contributed by atoms with van der Waals surface area (Å²) < 4.78 is 0.786. The molecule has 0 fully saturated rings. The zero-order chi connectivity index (χ0) is 10.6. The van der Waals surface area contributed by atoms with Crippen molar-refractivity contribution < 1.29 is 4.79 Å². The summed E-state index contributed by atoms with van der Waals surface area (Å²) in [5, 5.41) is 0. The molecule has 74 valence electrons. The highest BCUT2D eigenvalue weighted by atomic mass is 79.9. The highest BCUT2D eigenvalue weighted by Gasteiger charge is 1.96. The molecular weight excluding hydrogens is 244 g/mol. The van der Waals surface area contributed by atoms with Crippen LogP contribution >= 0.6 is 15.9 Å². The van der Waals surface area contributed by atoms with Gasteiger partial charge in [0.05, 0.1) is 0 Å². The number of nitrogens with zero attached hydrogens (tertiary/aromatic N) is 2. The van der Waals surface area contributed by atoms with Crippen molar-refractivity contribution in [2.75, 3.05) is 14.1 Å². The maximum Gasteiger partial charge on any atom is 0.246 e. The summed E-state index contributed by atoms with van der Waals surface area (Å²) in [7, 11) is 3.43. The van der Waals surface area contributed by atoms with Crippen LogP contribution in [0.3, 0.4) is 0 Å². The summed E-state index contributed by atoms with van der Waals surface area (Å²) in [6.07, 6.45) is 4.95. The minimum absolute atomic E-state index is 0.0343. The van der Waals surface area contributed by atoms with Crippen molar-refractivity contribution in [3.8, 4) is 0 Å². The third-order valence-corrected chi connectivity index (χ3v) is 2.08. The SMILES string of the molecule is CN(C)C(=O)C=Cc1ccc(Br)nc1. The number of carbonyl (C=O) groups is 1. The van der Waals surface area contributed by atoms with Crippen molar-refractivity contribution in [2.24, 2.45) is 0 Å². The normalized spacial score (nSPS) is 10.5. The number of rotatable bonds is 2. The lowest BCUT2D eigenvalue weighted by atomic mass is 10.2. The Morgan fingerprint density at radius 2 is 2.21 bits per heavy atom. The van der Waals surface area contributed by atoms with Gasteiger partial charge in [0.2, 0.25) is 5.91 Å². The van der Waals surface area contributed by atoms with Gasteiger partial charge in [-0.3, -0.25) is 4.79 Å². The van der Waals surface area contributed by atoms with E-state index in [9.17, 15) is 4.79 Å². The Kier molecular flexibility index (Phi) is 3.83. The lowest BCUT2D eigenvalue weighted by Crippen LogP contribution is -2.18. The second kappa shape index (κ2) is 4.91. The Bertz CT molecular complexity index is 344. The Labute approximate surface area is 91.6 Å². The van der Waals surface area contributed by atoms with Crippen LogP contribution < -0.4 is 0 Å². The van der Waals surface area contributed by atoms with Crippen molar-refractivity contribution in [2.45, 2.75) is 0 Å². The van der Waals surface area contributed by atoms with Crippen LogP contribution in [-0.4, -0.2) is 29.9 Å². The summed E-state index contributed by atoms with van der Waals surface area (Å²) in [4.78, 5) is 16.8. The smallest absolute Gasteiger partial charge is 0.246 e. The Morgan fingerprint density at radius 1 is 1.50 bits per heavy atom. The summed E-state index contributed by atoms with van der Waals surface area (Å²) in [5.41, 5.74) is 0.906. The molecule has 0 N–H and O–H groups in total. The first-order chi connectivity index (χ1) is 6.59. The molecule has 3 nitrogen and oxygen atoms in total. The summed E-state index contributed by atoms with van der Waals surface area (Å²) in [5.74, 6) is -0.0343. The molecule has 0 saturated heterocycles. The standard InChI is InChI=1S/C10H11BrN2O/c1-13(2)10(14)6-4-8-3-5-9(11)12-7-8/h3-7H,1-2H3. The number of hydrogen-bond acceptors (Lipinski definition) is 2. The molecule has 1 aromatic heterocycles. The fourth-order valence-corrected chi connectivity index (χ4v) is 1.04. The predicted molar refractivity (Wildman–Crippen MR) is 59.7 cm³/mol. The number of carbonyl (C=O) groups excluding carboxylic acids is 1. The van der Waals surface area contributed by atoms with E-state index in [1.165, 1.54) is 11.0 Å². The molecule has 1 amide bonds. The number of pyridine rings is 1. The zero-order valence-electron chi connectivity index (χ0n) is 8.07. The minimum atomic E-state index is -0.0343. The Morgan fingerprint density at radius 3 is 2.71 bits per heavy atom. The van der Waals surface area contributed by atoms with Crippen LogP contribution in [0.5, 0.6) is 0 Å². The second-order valence-corrected chi connectivity index (χ2v) is 3.79. The van der Waals surface area contributed by atoms with E-state index >= 15 is 0 Å². The lowest BCUT2D eigenvalue weighted by Gasteiger charge is -2.04. The molecule has 1 rings (SSSR count). The third-order valence-electron chi connectivity index (χ3n) is 1.61. The zero-order valence-corrected chi connectivity index (χ0v) is 9.65. The van der Waals surface area contributed by atoms with Gasteiger partial charge in [0.1, 0.15) is 4.60 Å². The number of amides is 1. The molecule has 1 aromatic rings. The van der Waals surface area contributed by atoms with Crippen molar-refractivity contribution in [1.82, 2.24) is 9.88 Å². The number of likely N-dealkylation sites (N-methyl/N-ethyl adjacent to an activating group) is 1. The van der Waals surface area contributed by atoms with Crippen LogP contribution in [0.15, 0.2) is 29.0 Å². The van der Waals surface area contributed by atoms with Gasteiger partial charge in [-0.25, -0.2) is 4.98 Å². The highest BCUT2D eigenvalue weighted by Crippen LogP contribution is 2.07. The average molecular weight is 255 g/mol. The van der Waals surface area contributed by atoms with E-state index in [0.29, 0.717) is 0 Å². The molecule has 0 spiro atoms. The predicted octanol–water partition coefficient (Wildman–Crippen LogP) is 1.95. The van der Waals surface area contributed by atoms with Gasteiger partial charge in [0.15, 0.2) is 0 Å². The van der Waals surface area contributed by atoms with Gasteiger partial charge in [0.25, 0.3) is 0 Å². The topological polar surface area (TPSA) is 33.2 Å². The van der Waals surface area contributed by atoms with Crippen molar-refractivity contribution in [3.05, 3.63) is 34.6 Å². The van der Waals surface area contributed by atoms with E-state index in [0.717, 1.165) is 10.2 Å². The van der Waals surface area contributed by atoms with E-state index < -0.39 is 0 Å². The molecule has 0 radical (unpaired) electrons. The molecular formula is C10H11BrN2O. The van der Waals surface area contributed by atoms with Gasteiger partial charge < -0.3 is 4.90 Å². The number of hydrogen-bond donors (Lipinski definition) is 0. The fourth-order valence-electron chi connectivity index (χ4n) is 0.802. The monoisotopic (exact) mass is 254 g/mol. The van der Waals surface area contributed by atoms with Crippen molar-refractivity contribution >= 4 is 27.9 Å². The largest absolute Gasteiger partial charge is 0.345 e. The molecule has 0 aliphatic carbocycles. The van der Waals surface area contributed by atoms with E-state index in [2.05, 4.69) is 20.9 Å². The first kappa shape index (κ1) is 10.9. The maximum absolute atomic E-state index is 11.2. The Balaban J connectivity index is 2.69. The molecule has 0 aliphatic heterocycles. The van der Waals surface area contributed by atoms with E-state index in [4.69, 9.17) is 0 Å². The van der Waals surface area contributed by atoms with Gasteiger partial charge in [-0.2, -0.15) is 0 Å². The molecule has 0 bridgehead atoms. The minimum Gasteiger partial charge on any atom is -0.345 e. The van der Waals surface area contributed by atoms with Crippen molar-refractivity contribution in [1.29, 1.82) is 0 Å². The van der Waals surface area contributed by atoms with Gasteiger partial charge >= 0.3 is 0 Å². The first-order valence-electron chi connectivity index (χ1n) is 4.10. The van der Waals surface area contributed by atoms with Crippen LogP contribution in [0, 0.1) is 0 Å². The quantitative estimate of drug-likeness (QED) is 0.597. The fraction of sp³-hybridized carbons (Fsp3) is 0.200. The van der Waals surface area contributed by atoms with Crippen LogP contribution in [0.2, 0.25) is 0 Å². The molecule has 14 heavy (non-hydrogen) atoms. The van der Waals surface area contributed by atoms with Crippen LogP contribution in [0.1, 0.15) is 5.56 Å². The number of aromatic nitrogens is 1. The molecule has 0 saturated carbocycles. The van der Waals surface area contributed by atoms with Crippen LogP contribution in [0.4, 0.5) is 0 Å². The van der Waals surface area contributed by atoms with Gasteiger partial charge in [-0.15, -0.1) is 0 Å². The molecule has 4 heteroatoms. The van der Waals surface area contributed by atoms with E-state index in [-0.39, 0.29) is 5.91 Å². The molecule has 0 atom stereocenters. The van der Waals surface area contributed by atoms with Crippen molar-refractivity contribution in [3.63, 3.8) is 0 Å². The molecule has 1 heterocycles.